The average Bonchev–Trinajstić information content (AvgIpc) is 3.03. The Bertz CT molecular complexity index is 687. The molecule has 0 radical (unpaired) electrons. The maximum absolute atomic E-state index is 6.01. The van der Waals surface area contributed by atoms with Crippen LogP contribution in [0.25, 0.3) is 11.1 Å². The third-order valence-electron chi connectivity index (χ3n) is 4.95. The molecule has 0 N–H and O–H groups in total. The summed E-state index contributed by atoms with van der Waals surface area (Å²) in [6, 6.07) is 6.75. The maximum atomic E-state index is 6.01. The average molecular weight is 317 g/mol. The Morgan fingerprint density at radius 2 is 2.26 bits per heavy atom. The number of anilines is 1. The largest absolute Gasteiger partial charge is 0.497 e. The van der Waals surface area contributed by atoms with Crippen molar-refractivity contribution in [2.75, 3.05) is 44.8 Å². The molecule has 0 unspecified atom stereocenters. The van der Waals surface area contributed by atoms with Crippen LogP contribution in [0.15, 0.2) is 22.6 Å². The van der Waals surface area contributed by atoms with Crippen LogP contribution in [-0.2, 0) is 4.74 Å². The SMILES string of the molecule is CCN1CC[C@H]2OCCN(c3nc4cc(OC)ccc4o3)[C@H]2C1. The Kier molecular flexibility index (Phi) is 3.87. The molecule has 0 spiro atoms. The van der Waals surface area contributed by atoms with E-state index in [0.29, 0.717) is 12.1 Å². The van der Waals surface area contributed by atoms with E-state index in [1.54, 1.807) is 7.11 Å². The number of nitrogens with zero attached hydrogens (tertiary/aromatic N) is 3. The van der Waals surface area contributed by atoms with Crippen LogP contribution in [-0.4, -0.2) is 61.9 Å². The summed E-state index contributed by atoms with van der Waals surface area (Å²) >= 11 is 0. The number of rotatable bonds is 3. The molecule has 1 aromatic heterocycles. The van der Waals surface area contributed by atoms with Gasteiger partial charge in [-0.3, -0.25) is 0 Å². The number of aromatic nitrogens is 1. The summed E-state index contributed by atoms with van der Waals surface area (Å²) in [6.45, 7) is 6.94. The minimum atomic E-state index is 0.274. The van der Waals surface area contributed by atoms with E-state index in [2.05, 4.69) is 16.7 Å². The Balaban J connectivity index is 1.65. The third kappa shape index (κ3) is 2.66. The fraction of sp³-hybridized carbons (Fsp3) is 0.588. The Morgan fingerprint density at radius 3 is 3.09 bits per heavy atom. The fourth-order valence-electron chi connectivity index (χ4n) is 3.61. The summed E-state index contributed by atoms with van der Waals surface area (Å²) in [5.41, 5.74) is 1.64. The highest BCUT2D eigenvalue weighted by atomic mass is 16.5. The van der Waals surface area contributed by atoms with Gasteiger partial charge in [0, 0.05) is 25.7 Å². The highest BCUT2D eigenvalue weighted by Gasteiger charge is 2.38. The van der Waals surface area contributed by atoms with Crippen LogP contribution in [0.3, 0.4) is 0 Å². The molecule has 0 saturated carbocycles. The van der Waals surface area contributed by atoms with Gasteiger partial charge >= 0.3 is 0 Å². The first-order valence-corrected chi connectivity index (χ1v) is 8.33. The molecule has 2 aliphatic heterocycles. The summed E-state index contributed by atoms with van der Waals surface area (Å²) in [6.07, 6.45) is 1.35. The minimum Gasteiger partial charge on any atom is -0.497 e. The predicted molar refractivity (Wildman–Crippen MR) is 88.2 cm³/mol. The first-order valence-electron chi connectivity index (χ1n) is 8.33. The first kappa shape index (κ1) is 14.8. The van der Waals surface area contributed by atoms with Gasteiger partial charge in [-0.25, -0.2) is 0 Å². The number of benzene rings is 1. The van der Waals surface area contributed by atoms with Crippen molar-refractivity contribution in [3.8, 4) is 5.75 Å². The number of hydrogen-bond donors (Lipinski definition) is 0. The number of hydrogen-bond acceptors (Lipinski definition) is 6. The van der Waals surface area contributed by atoms with Gasteiger partial charge in [0.1, 0.15) is 11.3 Å². The Morgan fingerprint density at radius 1 is 1.35 bits per heavy atom. The zero-order chi connectivity index (χ0) is 15.8. The molecular formula is C17H23N3O3. The van der Waals surface area contributed by atoms with Gasteiger partial charge in [0.2, 0.25) is 0 Å². The Labute approximate surface area is 136 Å². The number of fused-ring (bicyclic) bond motifs is 2. The van der Waals surface area contributed by atoms with E-state index in [1.807, 2.05) is 18.2 Å². The normalized spacial score (nSPS) is 25.6. The summed E-state index contributed by atoms with van der Waals surface area (Å²) in [5, 5.41) is 0. The summed E-state index contributed by atoms with van der Waals surface area (Å²) < 4.78 is 17.3. The second-order valence-electron chi connectivity index (χ2n) is 6.18. The lowest BCUT2D eigenvalue weighted by Gasteiger charge is -2.46. The van der Waals surface area contributed by atoms with Crippen LogP contribution in [0.1, 0.15) is 13.3 Å². The van der Waals surface area contributed by atoms with E-state index in [0.717, 1.165) is 56.1 Å². The van der Waals surface area contributed by atoms with Gasteiger partial charge in [-0.1, -0.05) is 6.92 Å². The van der Waals surface area contributed by atoms with E-state index in [4.69, 9.17) is 18.9 Å². The highest BCUT2D eigenvalue weighted by Crippen LogP contribution is 2.31. The summed E-state index contributed by atoms with van der Waals surface area (Å²) in [7, 11) is 1.66. The molecule has 3 heterocycles. The van der Waals surface area contributed by atoms with Crippen LogP contribution in [0.2, 0.25) is 0 Å². The number of methoxy groups -OCH3 is 1. The van der Waals surface area contributed by atoms with Gasteiger partial charge in [0.15, 0.2) is 5.58 Å². The molecule has 2 saturated heterocycles. The summed E-state index contributed by atoms with van der Waals surface area (Å²) in [5.74, 6) is 0.798. The molecule has 2 aliphatic rings. The van der Waals surface area contributed by atoms with Crippen molar-refractivity contribution < 1.29 is 13.9 Å². The monoisotopic (exact) mass is 317 g/mol. The van der Waals surface area contributed by atoms with Gasteiger partial charge < -0.3 is 23.7 Å². The molecule has 124 valence electrons. The lowest BCUT2D eigenvalue weighted by Crippen LogP contribution is -2.60. The minimum absolute atomic E-state index is 0.274. The quantitative estimate of drug-likeness (QED) is 0.864. The van der Waals surface area contributed by atoms with Crippen molar-refractivity contribution in [3.63, 3.8) is 0 Å². The highest BCUT2D eigenvalue weighted by molar-refractivity contribution is 5.76. The molecule has 0 bridgehead atoms. The number of piperidine rings is 1. The molecule has 0 amide bonds. The number of likely N-dealkylation sites (N-methyl/N-ethyl adjacent to an activating group) is 1. The zero-order valence-electron chi connectivity index (χ0n) is 13.7. The van der Waals surface area contributed by atoms with E-state index in [1.165, 1.54) is 0 Å². The van der Waals surface area contributed by atoms with Crippen LogP contribution >= 0.6 is 0 Å². The molecule has 6 heteroatoms. The van der Waals surface area contributed by atoms with Gasteiger partial charge in [0.25, 0.3) is 6.01 Å². The topological polar surface area (TPSA) is 51.0 Å². The number of oxazole rings is 1. The molecular weight excluding hydrogens is 294 g/mol. The molecule has 2 aromatic rings. The molecule has 4 rings (SSSR count). The van der Waals surface area contributed by atoms with Crippen molar-refractivity contribution >= 4 is 17.1 Å². The maximum Gasteiger partial charge on any atom is 0.298 e. The zero-order valence-corrected chi connectivity index (χ0v) is 13.7. The second kappa shape index (κ2) is 6.02. The predicted octanol–water partition coefficient (Wildman–Crippen LogP) is 2.14. The van der Waals surface area contributed by atoms with E-state index in [9.17, 15) is 0 Å². The van der Waals surface area contributed by atoms with E-state index in [-0.39, 0.29) is 6.10 Å². The number of likely N-dealkylation sites (tertiary alicyclic amines) is 1. The lowest BCUT2D eigenvalue weighted by molar-refractivity contribution is -0.0295. The van der Waals surface area contributed by atoms with Crippen LogP contribution in [0, 0.1) is 0 Å². The molecule has 0 aliphatic carbocycles. The van der Waals surface area contributed by atoms with Crippen molar-refractivity contribution in [1.82, 2.24) is 9.88 Å². The van der Waals surface area contributed by atoms with Gasteiger partial charge in [-0.05, 0) is 25.1 Å². The van der Waals surface area contributed by atoms with Crippen LogP contribution in [0.4, 0.5) is 6.01 Å². The molecule has 2 fully saturated rings. The summed E-state index contributed by atoms with van der Waals surface area (Å²) in [4.78, 5) is 9.44. The van der Waals surface area contributed by atoms with Gasteiger partial charge in [-0.2, -0.15) is 4.98 Å². The first-order chi connectivity index (χ1) is 11.3. The number of ether oxygens (including phenoxy) is 2. The fourth-order valence-corrected chi connectivity index (χ4v) is 3.61. The van der Waals surface area contributed by atoms with Crippen molar-refractivity contribution in [1.29, 1.82) is 0 Å². The lowest BCUT2D eigenvalue weighted by atomic mass is 9.99. The molecule has 23 heavy (non-hydrogen) atoms. The van der Waals surface area contributed by atoms with Crippen LogP contribution in [0.5, 0.6) is 5.75 Å². The van der Waals surface area contributed by atoms with Crippen molar-refractivity contribution in [3.05, 3.63) is 18.2 Å². The van der Waals surface area contributed by atoms with E-state index < -0.39 is 0 Å². The third-order valence-corrected chi connectivity index (χ3v) is 4.95. The number of morpholine rings is 1. The second-order valence-corrected chi connectivity index (χ2v) is 6.18. The van der Waals surface area contributed by atoms with Crippen molar-refractivity contribution in [2.24, 2.45) is 0 Å². The smallest absolute Gasteiger partial charge is 0.298 e. The molecule has 1 aromatic carbocycles. The van der Waals surface area contributed by atoms with E-state index >= 15 is 0 Å². The van der Waals surface area contributed by atoms with Crippen LogP contribution < -0.4 is 9.64 Å². The molecule has 6 nitrogen and oxygen atoms in total. The van der Waals surface area contributed by atoms with Gasteiger partial charge in [0.05, 0.1) is 25.9 Å². The Hall–Kier alpha value is -1.79. The molecule has 2 atom stereocenters. The van der Waals surface area contributed by atoms with Gasteiger partial charge in [-0.15, -0.1) is 0 Å². The van der Waals surface area contributed by atoms with Crippen molar-refractivity contribution in [2.45, 2.75) is 25.5 Å². The standard InChI is InChI=1S/C17H23N3O3/c1-3-19-7-6-16-14(11-19)20(8-9-22-16)17-18-13-10-12(21-2)4-5-15(13)23-17/h4-5,10,14,16H,3,6-9,11H2,1-2H3/t14-,16+/m0/s1.